The van der Waals surface area contributed by atoms with Crippen molar-refractivity contribution in [3.63, 3.8) is 0 Å². The molecule has 8 heavy (non-hydrogen) atoms. The molecule has 49 valence electrons. The van der Waals surface area contributed by atoms with Crippen molar-refractivity contribution in [1.29, 1.82) is 0 Å². The van der Waals surface area contributed by atoms with Gasteiger partial charge in [-0.25, -0.2) is 0 Å². The van der Waals surface area contributed by atoms with E-state index in [4.69, 9.17) is 26.0 Å². The Hall–Kier alpha value is 0.880. The normalized spacial score (nSPS) is 17.9. The summed E-state index contributed by atoms with van der Waals surface area (Å²) >= 11 is 5.76. The van der Waals surface area contributed by atoms with Crippen LogP contribution in [-0.2, 0) is 20.9 Å². The summed E-state index contributed by atoms with van der Waals surface area (Å²) in [4.78, 5) is 0. The van der Waals surface area contributed by atoms with Gasteiger partial charge in [-0.3, -0.25) is 9.66 Å². The predicted octanol–water partition coefficient (Wildman–Crippen LogP) is 1.11. The maximum atomic E-state index is 5.14. The maximum absolute atomic E-state index is 5.14. The van der Waals surface area contributed by atoms with Crippen LogP contribution in [0.4, 0.5) is 0 Å². The van der Waals surface area contributed by atoms with Crippen molar-refractivity contribution in [3.8, 4) is 0 Å². The zero-order chi connectivity index (χ0) is 6.62. The number of hydrogen-bond acceptors (Lipinski definition) is 5. The van der Waals surface area contributed by atoms with Crippen molar-refractivity contribution < 1.29 is 9.05 Å². The van der Waals surface area contributed by atoms with E-state index in [1.54, 1.807) is 0 Å². The molecule has 0 rings (SSSR count). The van der Waals surface area contributed by atoms with Crippen LogP contribution in [0.25, 0.3) is 0 Å². The molecule has 0 saturated heterocycles. The lowest BCUT2D eigenvalue weighted by atomic mass is 11.8. The zero-order valence-corrected chi connectivity index (χ0v) is 7.18. The summed E-state index contributed by atoms with van der Waals surface area (Å²) in [5.41, 5.74) is -2.13. The first kappa shape index (κ1) is 8.88. The topological polar surface area (TPSA) is 46.5 Å². The Bertz CT molecular complexity index is 89.2. The van der Waals surface area contributed by atoms with Crippen LogP contribution in [-0.4, -0.2) is 14.2 Å². The summed E-state index contributed by atoms with van der Waals surface area (Å²) in [7, 11) is 2.98. The van der Waals surface area contributed by atoms with E-state index in [1.165, 1.54) is 14.2 Å². The van der Waals surface area contributed by atoms with Gasteiger partial charge in [0.25, 0.3) is 0 Å². The van der Waals surface area contributed by atoms with Crippen LogP contribution in [0.1, 0.15) is 0 Å². The van der Waals surface area contributed by atoms with Crippen molar-refractivity contribution >= 4 is 29.1 Å². The van der Waals surface area contributed by atoms with Gasteiger partial charge >= 0.3 is 5.69 Å². The Labute approximate surface area is 58.0 Å². The van der Waals surface area contributed by atoms with Crippen LogP contribution in [0.3, 0.4) is 0 Å². The molecule has 0 aliphatic carbocycles. The fourth-order valence-corrected chi connectivity index (χ4v) is 0.998. The van der Waals surface area contributed by atoms with Crippen LogP contribution in [0.2, 0.25) is 0 Å². The van der Waals surface area contributed by atoms with Gasteiger partial charge in [-0.2, -0.15) is 0 Å². The van der Waals surface area contributed by atoms with Gasteiger partial charge in [0.2, 0.25) is 7.11 Å². The minimum atomic E-state index is -2.13. The SMILES string of the molecule is COP(=S)([O+]C)SN. The van der Waals surface area contributed by atoms with Crippen molar-refractivity contribution in [2.24, 2.45) is 5.14 Å². The van der Waals surface area contributed by atoms with Gasteiger partial charge in [0.15, 0.2) is 0 Å². The molecule has 0 fully saturated rings. The number of hydrogen-bond donors (Lipinski definition) is 1. The Morgan fingerprint density at radius 1 is 1.88 bits per heavy atom. The van der Waals surface area contributed by atoms with Gasteiger partial charge in [0.05, 0.1) is 11.6 Å². The van der Waals surface area contributed by atoms with E-state index in [1.807, 2.05) is 0 Å². The second-order valence-corrected chi connectivity index (χ2v) is 6.96. The van der Waals surface area contributed by atoms with Crippen LogP contribution >= 0.6 is 17.3 Å². The maximum Gasteiger partial charge on any atom is 0.478 e. The lowest BCUT2D eigenvalue weighted by Gasteiger charge is -1.98. The molecule has 0 aliphatic rings. The molecule has 0 heterocycles. The summed E-state index contributed by atoms with van der Waals surface area (Å²) in [6.45, 7) is 0. The van der Waals surface area contributed by atoms with E-state index < -0.39 is 5.69 Å². The smallest absolute Gasteiger partial charge is 0.281 e. The molecular formula is C2H8NO2PS2+. The Balaban J connectivity index is 3.79. The monoisotopic (exact) mass is 173 g/mol. The highest BCUT2D eigenvalue weighted by molar-refractivity contribution is 8.67. The summed E-state index contributed by atoms with van der Waals surface area (Å²) in [6.07, 6.45) is 0. The molecule has 0 aromatic heterocycles. The van der Waals surface area contributed by atoms with E-state index in [9.17, 15) is 0 Å². The molecule has 0 aliphatic heterocycles. The minimum absolute atomic E-state index is 0.954. The molecule has 0 saturated carbocycles. The first-order valence-corrected chi connectivity index (χ1v) is 5.91. The third-order valence-corrected chi connectivity index (χ3v) is 5.07. The zero-order valence-electron chi connectivity index (χ0n) is 4.66. The number of nitrogens with two attached hydrogens (primary N) is 1. The Morgan fingerprint density at radius 3 is 2.38 bits per heavy atom. The minimum Gasteiger partial charge on any atom is -0.281 e. The summed E-state index contributed by atoms with van der Waals surface area (Å²) in [5, 5.41) is 5.14. The fourth-order valence-electron chi connectivity index (χ4n) is 0.161. The van der Waals surface area contributed by atoms with Gasteiger partial charge in [-0.15, -0.1) is 0 Å². The van der Waals surface area contributed by atoms with Gasteiger partial charge in [-0.05, 0) is 0 Å². The average Bonchev–Trinajstić information content (AvgIpc) is 1.87. The molecule has 3 nitrogen and oxygen atoms in total. The van der Waals surface area contributed by atoms with Crippen molar-refractivity contribution in [2.45, 2.75) is 0 Å². The molecule has 0 bridgehead atoms. The second kappa shape index (κ2) is 3.82. The first-order valence-electron chi connectivity index (χ1n) is 1.78. The summed E-state index contributed by atoms with van der Waals surface area (Å²) in [6, 6.07) is 0. The fraction of sp³-hybridized carbons (Fsp3) is 1.00. The van der Waals surface area contributed by atoms with E-state index in [0.29, 0.717) is 0 Å². The van der Waals surface area contributed by atoms with Crippen molar-refractivity contribution in [2.75, 3.05) is 14.2 Å². The molecule has 1 radical (unpaired) electrons. The lowest BCUT2D eigenvalue weighted by Crippen LogP contribution is -1.86. The molecule has 0 unspecified atom stereocenters. The second-order valence-electron chi connectivity index (χ2n) is 0.918. The summed E-state index contributed by atoms with van der Waals surface area (Å²) < 4.78 is 9.56. The predicted molar refractivity (Wildman–Crippen MR) is 40.1 cm³/mol. The van der Waals surface area contributed by atoms with Crippen LogP contribution in [0, 0.1) is 0 Å². The van der Waals surface area contributed by atoms with Crippen LogP contribution in [0.15, 0.2) is 0 Å². The van der Waals surface area contributed by atoms with Crippen molar-refractivity contribution in [1.82, 2.24) is 0 Å². The van der Waals surface area contributed by atoms with E-state index in [2.05, 4.69) is 0 Å². The molecular weight excluding hydrogens is 165 g/mol. The largest absolute Gasteiger partial charge is 0.478 e. The Kier molecular flexibility index (Phi) is 4.24. The highest BCUT2D eigenvalue weighted by Crippen LogP contribution is 2.56. The lowest BCUT2D eigenvalue weighted by molar-refractivity contribution is 0.354. The average molecular weight is 173 g/mol. The first-order chi connectivity index (χ1) is 3.68. The quantitative estimate of drug-likeness (QED) is 0.393. The molecule has 6 heteroatoms. The third kappa shape index (κ3) is 2.44. The van der Waals surface area contributed by atoms with Gasteiger partial charge in [0.1, 0.15) is 0 Å². The van der Waals surface area contributed by atoms with Gasteiger partial charge in [-0.1, -0.05) is 4.52 Å². The molecule has 0 atom stereocenters. The van der Waals surface area contributed by atoms with Gasteiger partial charge in [0, 0.05) is 18.9 Å². The van der Waals surface area contributed by atoms with E-state index >= 15 is 0 Å². The van der Waals surface area contributed by atoms with Crippen LogP contribution in [0.5, 0.6) is 0 Å². The van der Waals surface area contributed by atoms with Crippen molar-refractivity contribution in [3.05, 3.63) is 0 Å². The van der Waals surface area contributed by atoms with E-state index in [-0.39, 0.29) is 0 Å². The van der Waals surface area contributed by atoms with Gasteiger partial charge < -0.3 is 0 Å². The third-order valence-electron chi connectivity index (χ3n) is 0.576. The van der Waals surface area contributed by atoms with Crippen LogP contribution < -0.4 is 5.14 Å². The number of rotatable bonds is 3. The molecule has 0 aromatic rings. The molecule has 0 spiro atoms. The van der Waals surface area contributed by atoms with E-state index in [0.717, 1.165) is 11.6 Å². The molecule has 0 amide bonds. The molecule has 0 aromatic carbocycles. The Morgan fingerprint density at radius 2 is 2.38 bits per heavy atom. The highest BCUT2D eigenvalue weighted by Gasteiger charge is 2.27. The standard InChI is InChI=1S/C2H8NO2PS2/c1-4-6(7,5-2)8-3/h3H2,1-2H3/q+1. The highest BCUT2D eigenvalue weighted by atomic mass is 32.9. The summed E-state index contributed by atoms with van der Waals surface area (Å²) in [5.74, 6) is 0. The molecule has 2 N–H and O–H groups in total.